The first kappa shape index (κ1) is 20.8. The summed E-state index contributed by atoms with van der Waals surface area (Å²) in [6, 6.07) is 17.9. The predicted molar refractivity (Wildman–Crippen MR) is 113 cm³/mol. The highest BCUT2D eigenvalue weighted by Crippen LogP contribution is 2.21. The molecule has 0 N–H and O–H groups in total. The van der Waals surface area contributed by atoms with E-state index < -0.39 is 0 Å². The van der Waals surface area contributed by atoms with Gasteiger partial charge in [-0.1, -0.05) is 36.4 Å². The minimum absolute atomic E-state index is 0.00694. The Labute approximate surface area is 172 Å². The third-order valence-corrected chi connectivity index (χ3v) is 5.27. The standard InChI is InChI=1S/C24H27N3O2/c1-19(28)17-27(24(29)18-26-12-2-3-13-26)14-11-20-7-9-22(10-8-20)23-6-4-5-21(15-23)16-25/h4-10,15H,2-3,11-14,17-18H2,1H3. The summed E-state index contributed by atoms with van der Waals surface area (Å²) in [5.41, 5.74) is 3.82. The molecule has 150 valence electrons. The van der Waals surface area contributed by atoms with Crippen LogP contribution in [-0.2, 0) is 16.0 Å². The van der Waals surface area contributed by atoms with Crippen molar-refractivity contribution in [1.29, 1.82) is 5.26 Å². The molecule has 0 unspecified atom stereocenters. The second-order valence-corrected chi connectivity index (χ2v) is 7.64. The van der Waals surface area contributed by atoms with Gasteiger partial charge in [-0.15, -0.1) is 0 Å². The van der Waals surface area contributed by atoms with E-state index in [4.69, 9.17) is 5.26 Å². The van der Waals surface area contributed by atoms with Gasteiger partial charge in [-0.25, -0.2) is 0 Å². The van der Waals surface area contributed by atoms with Crippen molar-refractivity contribution in [1.82, 2.24) is 9.80 Å². The van der Waals surface area contributed by atoms with Crippen LogP contribution in [-0.4, -0.2) is 54.2 Å². The van der Waals surface area contributed by atoms with E-state index in [0.29, 0.717) is 25.1 Å². The van der Waals surface area contributed by atoms with Crippen LogP contribution in [0.1, 0.15) is 30.9 Å². The zero-order valence-electron chi connectivity index (χ0n) is 16.9. The zero-order valence-corrected chi connectivity index (χ0v) is 16.9. The minimum Gasteiger partial charge on any atom is -0.334 e. The molecule has 1 aliphatic rings. The largest absolute Gasteiger partial charge is 0.334 e. The number of rotatable bonds is 8. The van der Waals surface area contributed by atoms with Gasteiger partial charge in [0, 0.05) is 6.54 Å². The summed E-state index contributed by atoms with van der Waals surface area (Å²) in [4.78, 5) is 28.1. The highest BCUT2D eigenvalue weighted by molar-refractivity contribution is 5.85. The Bertz CT molecular complexity index is 893. The zero-order chi connectivity index (χ0) is 20.6. The van der Waals surface area contributed by atoms with Crippen LogP contribution in [0.15, 0.2) is 48.5 Å². The van der Waals surface area contributed by atoms with Crippen molar-refractivity contribution in [2.75, 3.05) is 32.7 Å². The van der Waals surface area contributed by atoms with Crippen molar-refractivity contribution in [2.24, 2.45) is 0 Å². The van der Waals surface area contributed by atoms with E-state index in [1.165, 1.54) is 6.92 Å². The fourth-order valence-electron chi connectivity index (χ4n) is 3.69. The monoisotopic (exact) mass is 389 g/mol. The van der Waals surface area contributed by atoms with Gasteiger partial charge < -0.3 is 4.90 Å². The van der Waals surface area contributed by atoms with Gasteiger partial charge in [0.2, 0.25) is 5.91 Å². The third kappa shape index (κ3) is 6.00. The molecule has 5 heteroatoms. The van der Waals surface area contributed by atoms with Crippen molar-refractivity contribution >= 4 is 11.7 Å². The van der Waals surface area contributed by atoms with Crippen LogP contribution in [0.3, 0.4) is 0 Å². The molecular formula is C24H27N3O2. The number of ketones is 1. The van der Waals surface area contributed by atoms with E-state index in [9.17, 15) is 9.59 Å². The van der Waals surface area contributed by atoms with Crippen molar-refractivity contribution < 1.29 is 9.59 Å². The van der Waals surface area contributed by atoms with E-state index in [-0.39, 0.29) is 18.2 Å². The van der Waals surface area contributed by atoms with Crippen LogP contribution in [0, 0.1) is 11.3 Å². The van der Waals surface area contributed by atoms with Crippen LogP contribution >= 0.6 is 0 Å². The second kappa shape index (κ2) is 9.99. The van der Waals surface area contributed by atoms with Crippen LogP contribution in [0.2, 0.25) is 0 Å². The average molecular weight is 389 g/mol. The number of carbonyl (C=O) groups excluding carboxylic acids is 2. The molecular weight excluding hydrogens is 362 g/mol. The first-order valence-electron chi connectivity index (χ1n) is 10.1. The van der Waals surface area contributed by atoms with E-state index in [1.54, 1.807) is 11.0 Å². The van der Waals surface area contributed by atoms with Crippen LogP contribution in [0.4, 0.5) is 0 Å². The Hall–Kier alpha value is -2.97. The second-order valence-electron chi connectivity index (χ2n) is 7.64. The molecule has 1 amide bonds. The summed E-state index contributed by atoms with van der Waals surface area (Å²) in [6.45, 7) is 4.57. The Balaban J connectivity index is 1.61. The molecule has 2 aromatic rings. The molecule has 0 saturated carbocycles. The number of benzene rings is 2. The fourth-order valence-corrected chi connectivity index (χ4v) is 3.69. The summed E-state index contributed by atoms with van der Waals surface area (Å²) in [5, 5.41) is 9.06. The van der Waals surface area contributed by atoms with Gasteiger partial charge in [-0.2, -0.15) is 5.26 Å². The van der Waals surface area contributed by atoms with Gasteiger partial charge in [0.15, 0.2) is 0 Å². The van der Waals surface area contributed by atoms with Gasteiger partial charge in [-0.05, 0) is 68.1 Å². The first-order valence-corrected chi connectivity index (χ1v) is 10.1. The molecule has 2 aromatic carbocycles. The Morgan fingerprint density at radius 1 is 1.07 bits per heavy atom. The van der Waals surface area contributed by atoms with Crippen LogP contribution < -0.4 is 0 Å². The number of nitriles is 1. The van der Waals surface area contributed by atoms with Crippen molar-refractivity contribution in [3.63, 3.8) is 0 Å². The summed E-state index contributed by atoms with van der Waals surface area (Å²) in [5.74, 6) is 0.0412. The quantitative estimate of drug-likeness (QED) is 0.695. The topological polar surface area (TPSA) is 64.4 Å². The normalized spacial score (nSPS) is 13.8. The van der Waals surface area contributed by atoms with Crippen molar-refractivity contribution in [3.8, 4) is 17.2 Å². The molecule has 29 heavy (non-hydrogen) atoms. The molecule has 0 bridgehead atoms. The molecule has 1 aliphatic heterocycles. The lowest BCUT2D eigenvalue weighted by Gasteiger charge is -2.24. The van der Waals surface area contributed by atoms with Crippen molar-refractivity contribution in [3.05, 3.63) is 59.7 Å². The van der Waals surface area contributed by atoms with E-state index >= 15 is 0 Å². The highest BCUT2D eigenvalue weighted by atomic mass is 16.2. The van der Waals surface area contributed by atoms with Gasteiger partial charge in [0.25, 0.3) is 0 Å². The molecule has 0 spiro atoms. The number of likely N-dealkylation sites (tertiary alicyclic amines) is 1. The van der Waals surface area contributed by atoms with Crippen molar-refractivity contribution in [2.45, 2.75) is 26.2 Å². The van der Waals surface area contributed by atoms with E-state index in [0.717, 1.165) is 42.6 Å². The Morgan fingerprint density at radius 2 is 1.79 bits per heavy atom. The lowest BCUT2D eigenvalue weighted by Crippen LogP contribution is -2.42. The fraction of sp³-hybridized carbons (Fsp3) is 0.375. The average Bonchev–Trinajstić information content (AvgIpc) is 3.24. The molecule has 1 heterocycles. The third-order valence-electron chi connectivity index (χ3n) is 5.27. The summed E-state index contributed by atoms with van der Waals surface area (Å²) < 4.78 is 0. The number of Topliss-reactive ketones (excluding diaryl/α,β-unsaturated/α-hetero) is 1. The predicted octanol–water partition coefficient (Wildman–Crippen LogP) is 3.28. The number of carbonyl (C=O) groups is 2. The Kier molecular flexibility index (Phi) is 7.15. The summed E-state index contributed by atoms with van der Waals surface area (Å²) >= 11 is 0. The van der Waals surface area contributed by atoms with Gasteiger partial charge in [0.05, 0.1) is 24.7 Å². The molecule has 0 atom stereocenters. The molecule has 3 rings (SSSR count). The minimum atomic E-state index is 0.00694. The lowest BCUT2D eigenvalue weighted by molar-refractivity contribution is -0.135. The van der Waals surface area contributed by atoms with Gasteiger partial charge in [-0.3, -0.25) is 14.5 Å². The molecule has 1 saturated heterocycles. The van der Waals surface area contributed by atoms with E-state index in [2.05, 4.69) is 11.0 Å². The SMILES string of the molecule is CC(=O)CN(CCc1ccc(-c2cccc(C#N)c2)cc1)C(=O)CN1CCCC1. The molecule has 5 nitrogen and oxygen atoms in total. The highest BCUT2D eigenvalue weighted by Gasteiger charge is 2.20. The molecule has 0 aliphatic carbocycles. The maximum absolute atomic E-state index is 12.7. The number of hydrogen-bond donors (Lipinski definition) is 0. The number of hydrogen-bond acceptors (Lipinski definition) is 4. The molecule has 0 aromatic heterocycles. The molecule has 0 radical (unpaired) electrons. The molecule has 1 fully saturated rings. The maximum atomic E-state index is 12.7. The van der Waals surface area contributed by atoms with E-state index in [1.807, 2.05) is 42.5 Å². The van der Waals surface area contributed by atoms with Crippen LogP contribution in [0.25, 0.3) is 11.1 Å². The van der Waals surface area contributed by atoms with Crippen LogP contribution in [0.5, 0.6) is 0 Å². The smallest absolute Gasteiger partial charge is 0.237 e. The summed E-state index contributed by atoms with van der Waals surface area (Å²) in [6.07, 6.45) is 2.99. The number of amides is 1. The van der Waals surface area contributed by atoms with Gasteiger partial charge in [0.1, 0.15) is 5.78 Å². The summed E-state index contributed by atoms with van der Waals surface area (Å²) in [7, 11) is 0. The Morgan fingerprint density at radius 3 is 2.45 bits per heavy atom. The first-order chi connectivity index (χ1) is 14.0. The lowest BCUT2D eigenvalue weighted by atomic mass is 10.0. The van der Waals surface area contributed by atoms with Gasteiger partial charge >= 0.3 is 0 Å². The number of nitrogens with zero attached hydrogens (tertiary/aromatic N) is 3. The maximum Gasteiger partial charge on any atom is 0.237 e.